The van der Waals surface area contributed by atoms with Crippen LogP contribution in [0, 0.1) is 11.3 Å². The Morgan fingerprint density at radius 1 is 1.48 bits per heavy atom. The molecule has 2 aromatic rings. The number of benzene rings is 1. The van der Waals surface area contributed by atoms with E-state index in [2.05, 4.69) is 22.4 Å². The number of nitrogens with zero attached hydrogens (tertiary/aromatic N) is 2. The summed E-state index contributed by atoms with van der Waals surface area (Å²) in [5.41, 5.74) is 3.30. The zero-order valence-electron chi connectivity index (χ0n) is 11.8. The Kier molecular flexibility index (Phi) is 4.16. The summed E-state index contributed by atoms with van der Waals surface area (Å²) in [6.07, 6.45) is 0.941. The molecular weight excluding hydrogens is 302 g/mol. The summed E-state index contributed by atoms with van der Waals surface area (Å²) in [6, 6.07) is 10.4. The van der Waals surface area contributed by atoms with Crippen molar-refractivity contribution in [2.45, 2.75) is 19.5 Å². The third-order valence-electron chi connectivity index (χ3n) is 3.77. The molecule has 1 aromatic carbocycles. The molecule has 0 aliphatic carbocycles. The van der Waals surface area contributed by atoms with Gasteiger partial charge in [-0.05, 0) is 29.7 Å². The van der Waals surface area contributed by atoms with Crippen LogP contribution in [0.25, 0.3) is 0 Å². The Morgan fingerprint density at radius 3 is 3.05 bits per heavy atom. The highest BCUT2D eigenvalue weighted by atomic mass is 35.5. The minimum Gasteiger partial charge on any atom is -0.379 e. The van der Waals surface area contributed by atoms with Gasteiger partial charge in [-0.15, -0.1) is 11.3 Å². The van der Waals surface area contributed by atoms with Crippen LogP contribution in [0.2, 0.25) is 5.02 Å². The van der Waals surface area contributed by atoms with Crippen LogP contribution in [0.1, 0.15) is 21.6 Å². The van der Waals surface area contributed by atoms with Crippen LogP contribution in [0.5, 0.6) is 0 Å². The highest BCUT2D eigenvalue weighted by Gasteiger charge is 2.24. The van der Waals surface area contributed by atoms with Crippen LogP contribution >= 0.6 is 22.9 Å². The van der Waals surface area contributed by atoms with Gasteiger partial charge in [0.2, 0.25) is 0 Å². The molecule has 0 saturated carbocycles. The van der Waals surface area contributed by atoms with Gasteiger partial charge in [-0.3, -0.25) is 4.90 Å². The molecule has 108 valence electrons. The van der Waals surface area contributed by atoms with E-state index in [1.54, 1.807) is 11.3 Å². The van der Waals surface area contributed by atoms with Crippen LogP contribution < -0.4 is 5.32 Å². The van der Waals surface area contributed by atoms with Crippen molar-refractivity contribution < 1.29 is 0 Å². The van der Waals surface area contributed by atoms with Crippen molar-refractivity contribution in [1.29, 1.82) is 5.26 Å². The number of nitriles is 1. The average molecular weight is 318 g/mol. The van der Waals surface area contributed by atoms with Crippen molar-refractivity contribution in [2.24, 2.45) is 0 Å². The highest BCUT2D eigenvalue weighted by Crippen LogP contribution is 2.36. The summed E-state index contributed by atoms with van der Waals surface area (Å²) >= 11 is 7.75. The SMILES string of the molecule is CNc1sc2c(c1C#N)CCN(Cc1cccc(Cl)c1)C2. The molecule has 0 saturated heterocycles. The molecule has 2 heterocycles. The fourth-order valence-corrected chi connectivity index (χ4v) is 4.19. The Labute approximate surface area is 133 Å². The average Bonchev–Trinajstić information content (AvgIpc) is 2.84. The molecule has 0 amide bonds. The van der Waals surface area contributed by atoms with E-state index in [1.165, 1.54) is 16.0 Å². The lowest BCUT2D eigenvalue weighted by Gasteiger charge is -2.26. The number of rotatable bonds is 3. The predicted octanol–water partition coefficient (Wildman–Crippen LogP) is 3.87. The van der Waals surface area contributed by atoms with Gasteiger partial charge in [0, 0.05) is 36.6 Å². The Morgan fingerprint density at radius 2 is 2.33 bits per heavy atom. The molecule has 0 radical (unpaired) electrons. The summed E-state index contributed by atoms with van der Waals surface area (Å²) in [7, 11) is 1.88. The first-order valence-corrected chi connectivity index (χ1v) is 8.10. The van der Waals surface area contributed by atoms with E-state index in [9.17, 15) is 5.26 Å². The van der Waals surface area contributed by atoms with E-state index in [-0.39, 0.29) is 0 Å². The van der Waals surface area contributed by atoms with Crippen molar-refractivity contribution in [3.05, 3.63) is 50.9 Å². The lowest BCUT2D eigenvalue weighted by molar-refractivity contribution is 0.249. The number of hydrogen-bond donors (Lipinski definition) is 1. The third kappa shape index (κ3) is 2.91. The summed E-state index contributed by atoms with van der Waals surface area (Å²) in [4.78, 5) is 3.72. The number of fused-ring (bicyclic) bond motifs is 1. The van der Waals surface area contributed by atoms with E-state index in [0.29, 0.717) is 0 Å². The molecular formula is C16H16ClN3S. The number of anilines is 1. The first-order chi connectivity index (χ1) is 10.2. The lowest BCUT2D eigenvalue weighted by atomic mass is 10.0. The maximum absolute atomic E-state index is 9.31. The van der Waals surface area contributed by atoms with Crippen LogP contribution in [-0.4, -0.2) is 18.5 Å². The molecule has 3 rings (SSSR count). The zero-order chi connectivity index (χ0) is 14.8. The molecule has 5 heteroatoms. The second kappa shape index (κ2) is 6.07. The van der Waals surface area contributed by atoms with Gasteiger partial charge in [-0.25, -0.2) is 0 Å². The molecule has 1 aromatic heterocycles. The van der Waals surface area contributed by atoms with E-state index in [1.807, 2.05) is 25.2 Å². The first kappa shape index (κ1) is 14.4. The summed E-state index contributed by atoms with van der Waals surface area (Å²) in [6.45, 7) is 2.78. The smallest absolute Gasteiger partial charge is 0.107 e. The van der Waals surface area contributed by atoms with Crippen molar-refractivity contribution in [3.63, 3.8) is 0 Å². The lowest BCUT2D eigenvalue weighted by Crippen LogP contribution is -2.29. The minimum absolute atomic E-state index is 0.783. The van der Waals surface area contributed by atoms with E-state index in [0.717, 1.165) is 41.6 Å². The highest BCUT2D eigenvalue weighted by molar-refractivity contribution is 7.16. The van der Waals surface area contributed by atoms with Gasteiger partial charge in [0.05, 0.1) is 5.56 Å². The molecule has 21 heavy (non-hydrogen) atoms. The van der Waals surface area contributed by atoms with Crippen LogP contribution in [0.15, 0.2) is 24.3 Å². The number of thiophene rings is 1. The third-order valence-corrected chi connectivity index (χ3v) is 5.24. The minimum atomic E-state index is 0.783. The van der Waals surface area contributed by atoms with Gasteiger partial charge in [0.1, 0.15) is 11.1 Å². The fraction of sp³-hybridized carbons (Fsp3) is 0.312. The fourth-order valence-electron chi connectivity index (χ4n) is 2.78. The second-order valence-electron chi connectivity index (χ2n) is 5.16. The largest absolute Gasteiger partial charge is 0.379 e. The predicted molar refractivity (Wildman–Crippen MR) is 87.9 cm³/mol. The first-order valence-electron chi connectivity index (χ1n) is 6.90. The maximum atomic E-state index is 9.31. The zero-order valence-corrected chi connectivity index (χ0v) is 13.4. The molecule has 0 unspecified atom stereocenters. The van der Waals surface area contributed by atoms with Crippen LogP contribution in [0.4, 0.5) is 5.00 Å². The van der Waals surface area contributed by atoms with E-state index in [4.69, 9.17) is 11.6 Å². The van der Waals surface area contributed by atoms with E-state index < -0.39 is 0 Å². The molecule has 0 bridgehead atoms. The second-order valence-corrected chi connectivity index (χ2v) is 6.70. The van der Waals surface area contributed by atoms with Crippen molar-refractivity contribution in [3.8, 4) is 6.07 Å². The van der Waals surface area contributed by atoms with Crippen molar-refractivity contribution >= 4 is 27.9 Å². The van der Waals surface area contributed by atoms with Gasteiger partial charge < -0.3 is 5.32 Å². The normalized spacial score (nSPS) is 14.5. The Balaban J connectivity index is 1.79. The summed E-state index contributed by atoms with van der Waals surface area (Å²) in [5.74, 6) is 0. The molecule has 0 spiro atoms. The van der Waals surface area contributed by atoms with Gasteiger partial charge >= 0.3 is 0 Å². The number of nitrogens with one attached hydrogen (secondary N) is 1. The van der Waals surface area contributed by atoms with Gasteiger partial charge in [-0.1, -0.05) is 23.7 Å². The number of halogens is 1. The van der Waals surface area contributed by atoms with Gasteiger partial charge in [0.25, 0.3) is 0 Å². The maximum Gasteiger partial charge on any atom is 0.107 e. The monoisotopic (exact) mass is 317 g/mol. The number of hydrogen-bond acceptors (Lipinski definition) is 4. The molecule has 1 N–H and O–H groups in total. The Hall–Kier alpha value is -1.54. The molecule has 1 aliphatic heterocycles. The van der Waals surface area contributed by atoms with Gasteiger partial charge in [-0.2, -0.15) is 5.26 Å². The summed E-state index contributed by atoms with van der Waals surface area (Å²) < 4.78 is 0. The van der Waals surface area contributed by atoms with Crippen LogP contribution in [-0.2, 0) is 19.5 Å². The van der Waals surface area contributed by atoms with Gasteiger partial charge in [0.15, 0.2) is 0 Å². The van der Waals surface area contributed by atoms with Crippen LogP contribution in [0.3, 0.4) is 0 Å². The van der Waals surface area contributed by atoms with Crippen molar-refractivity contribution in [1.82, 2.24) is 4.90 Å². The standard InChI is InChI=1S/C16H16ClN3S/c1-19-16-14(8-18)13-5-6-20(10-15(13)21-16)9-11-3-2-4-12(17)7-11/h2-4,7,19H,5-6,9-10H2,1H3. The van der Waals surface area contributed by atoms with E-state index >= 15 is 0 Å². The van der Waals surface area contributed by atoms with Crippen molar-refractivity contribution in [2.75, 3.05) is 18.9 Å². The molecule has 0 fully saturated rings. The summed E-state index contributed by atoms with van der Waals surface area (Å²) in [5, 5.41) is 14.2. The molecule has 1 aliphatic rings. The molecule has 3 nitrogen and oxygen atoms in total. The topological polar surface area (TPSA) is 39.1 Å². The quantitative estimate of drug-likeness (QED) is 0.934. The Bertz CT molecular complexity index is 702. The molecule has 0 atom stereocenters.